The third-order valence-corrected chi connectivity index (χ3v) is 3.40. The number of hydrogen-bond acceptors (Lipinski definition) is 4. The number of carbonyl (C=O) groups is 1. The molecule has 0 radical (unpaired) electrons. The number of esters is 1. The van der Waals surface area contributed by atoms with Crippen LogP contribution in [0.25, 0.3) is 11.5 Å². The summed E-state index contributed by atoms with van der Waals surface area (Å²) in [5.41, 5.74) is 1.22. The Morgan fingerprint density at radius 3 is 2.65 bits per heavy atom. The molecule has 106 valence electrons. The summed E-state index contributed by atoms with van der Waals surface area (Å²) in [6.45, 7) is 3.91. The second kappa shape index (κ2) is 6.29. The molecule has 0 saturated carbocycles. The SMILES string of the molecule is CCOC(=O)c1oc(-c2ccc(Cl)c(Cl)c2)nc1CC. The fourth-order valence-corrected chi connectivity index (χ4v) is 2.00. The van der Waals surface area contributed by atoms with Gasteiger partial charge in [0.05, 0.1) is 22.3 Å². The molecule has 0 amide bonds. The summed E-state index contributed by atoms with van der Waals surface area (Å²) in [7, 11) is 0. The minimum Gasteiger partial charge on any atom is -0.460 e. The quantitative estimate of drug-likeness (QED) is 0.786. The van der Waals surface area contributed by atoms with Crippen LogP contribution in [0.3, 0.4) is 0 Å². The summed E-state index contributed by atoms with van der Waals surface area (Å²) in [5, 5.41) is 0.849. The molecule has 0 aliphatic heterocycles. The van der Waals surface area contributed by atoms with E-state index in [9.17, 15) is 4.79 Å². The molecule has 2 rings (SSSR count). The fourth-order valence-electron chi connectivity index (χ4n) is 1.70. The molecule has 0 fully saturated rings. The maximum atomic E-state index is 11.8. The topological polar surface area (TPSA) is 52.3 Å². The molecule has 0 atom stereocenters. The van der Waals surface area contributed by atoms with Crippen LogP contribution in [0.4, 0.5) is 0 Å². The van der Waals surface area contributed by atoms with E-state index >= 15 is 0 Å². The van der Waals surface area contributed by atoms with Gasteiger partial charge >= 0.3 is 5.97 Å². The number of ether oxygens (including phenoxy) is 1. The van der Waals surface area contributed by atoms with Gasteiger partial charge in [0.15, 0.2) is 0 Å². The Kier molecular flexibility index (Phi) is 4.68. The van der Waals surface area contributed by atoms with Crippen molar-refractivity contribution in [3.8, 4) is 11.5 Å². The van der Waals surface area contributed by atoms with Gasteiger partial charge in [-0.3, -0.25) is 0 Å². The minimum atomic E-state index is -0.511. The first-order chi connectivity index (χ1) is 9.56. The van der Waals surface area contributed by atoms with E-state index in [-0.39, 0.29) is 12.4 Å². The highest BCUT2D eigenvalue weighted by Crippen LogP contribution is 2.29. The van der Waals surface area contributed by atoms with E-state index < -0.39 is 5.97 Å². The van der Waals surface area contributed by atoms with E-state index in [2.05, 4.69) is 4.98 Å². The van der Waals surface area contributed by atoms with E-state index in [1.165, 1.54) is 0 Å². The Hall–Kier alpha value is -1.52. The first-order valence-electron chi connectivity index (χ1n) is 6.19. The molecule has 0 aliphatic rings. The van der Waals surface area contributed by atoms with Crippen LogP contribution >= 0.6 is 23.2 Å². The molecular weight excluding hydrogens is 301 g/mol. The third kappa shape index (κ3) is 2.97. The molecule has 1 heterocycles. The molecule has 1 aromatic heterocycles. The number of nitrogens with zero attached hydrogens (tertiary/aromatic N) is 1. The molecule has 0 bridgehead atoms. The summed E-state index contributed by atoms with van der Waals surface area (Å²) >= 11 is 11.8. The molecule has 0 spiro atoms. The minimum absolute atomic E-state index is 0.135. The highest BCUT2D eigenvalue weighted by molar-refractivity contribution is 6.42. The molecule has 2 aromatic rings. The summed E-state index contributed by atoms with van der Waals surface area (Å²) in [6, 6.07) is 5.03. The van der Waals surface area contributed by atoms with Crippen molar-refractivity contribution in [1.82, 2.24) is 4.98 Å². The van der Waals surface area contributed by atoms with Crippen molar-refractivity contribution in [2.24, 2.45) is 0 Å². The third-order valence-electron chi connectivity index (χ3n) is 2.66. The maximum Gasteiger partial charge on any atom is 0.376 e. The predicted molar refractivity (Wildman–Crippen MR) is 77.3 cm³/mol. The van der Waals surface area contributed by atoms with Gasteiger partial charge in [0.2, 0.25) is 11.7 Å². The van der Waals surface area contributed by atoms with Crippen LogP contribution < -0.4 is 0 Å². The Labute approximate surface area is 126 Å². The summed E-state index contributed by atoms with van der Waals surface area (Å²) < 4.78 is 10.5. The second-order valence-corrected chi connectivity index (χ2v) is 4.81. The van der Waals surface area contributed by atoms with Crippen molar-refractivity contribution >= 4 is 29.2 Å². The fraction of sp³-hybridized carbons (Fsp3) is 0.286. The molecule has 20 heavy (non-hydrogen) atoms. The molecule has 1 aromatic carbocycles. The number of benzene rings is 1. The van der Waals surface area contributed by atoms with Gasteiger partial charge in [-0.1, -0.05) is 30.1 Å². The highest BCUT2D eigenvalue weighted by atomic mass is 35.5. The van der Waals surface area contributed by atoms with Crippen LogP contribution in [0, 0.1) is 0 Å². The largest absolute Gasteiger partial charge is 0.460 e. The van der Waals surface area contributed by atoms with E-state index in [1.54, 1.807) is 25.1 Å². The molecular formula is C14H13Cl2NO3. The van der Waals surface area contributed by atoms with E-state index in [0.717, 1.165) is 0 Å². The van der Waals surface area contributed by atoms with Crippen molar-refractivity contribution in [3.63, 3.8) is 0 Å². The van der Waals surface area contributed by atoms with Crippen LogP contribution in [0.15, 0.2) is 22.6 Å². The predicted octanol–water partition coefficient (Wildman–Crippen LogP) is 4.39. The normalized spacial score (nSPS) is 10.6. The van der Waals surface area contributed by atoms with E-state index in [0.29, 0.717) is 33.6 Å². The van der Waals surface area contributed by atoms with Gasteiger partial charge in [0.25, 0.3) is 0 Å². The lowest BCUT2D eigenvalue weighted by molar-refractivity contribution is 0.0489. The average molecular weight is 314 g/mol. The monoisotopic (exact) mass is 313 g/mol. The molecule has 0 saturated heterocycles. The molecule has 0 aliphatic carbocycles. The van der Waals surface area contributed by atoms with E-state index in [1.807, 2.05) is 6.92 Å². The Bertz CT molecular complexity index is 637. The van der Waals surface area contributed by atoms with Crippen LogP contribution in [0.5, 0.6) is 0 Å². The number of aryl methyl sites for hydroxylation is 1. The molecule has 0 N–H and O–H groups in total. The van der Waals surface area contributed by atoms with Crippen LogP contribution in [-0.4, -0.2) is 17.6 Å². The first-order valence-corrected chi connectivity index (χ1v) is 6.94. The van der Waals surface area contributed by atoms with Crippen LogP contribution in [0.1, 0.15) is 30.1 Å². The van der Waals surface area contributed by atoms with Crippen molar-refractivity contribution in [1.29, 1.82) is 0 Å². The molecule has 6 heteroatoms. The van der Waals surface area contributed by atoms with Crippen LogP contribution in [-0.2, 0) is 11.2 Å². The zero-order chi connectivity index (χ0) is 14.7. The van der Waals surface area contributed by atoms with Gasteiger partial charge in [-0.05, 0) is 31.5 Å². The lowest BCUT2D eigenvalue weighted by atomic mass is 10.2. The number of rotatable bonds is 4. The smallest absolute Gasteiger partial charge is 0.376 e. The number of oxazole rings is 1. The second-order valence-electron chi connectivity index (χ2n) is 4.00. The van der Waals surface area contributed by atoms with E-state index in [4.69, 9.17) is 32.4 Å². The van der Waals surface area contributed by atoms with Crippen LogP contribution in [0.2, 0.25) is 10.0 Å². The Balaban J connectivity index is 2.42. The molecule has 4 nitrogen and oxygen atoms in total. The zero-order valence-electron chi connectivity index (χ0n) is 11.1. The van der Waals surface area contributed by atoms with Gasteiger partial charge in [-0.2, -0.15) is 0 Å². The Morgan fingerprint density at radius 1 is 1.30 bits per heavy atom. The van der Waals surface area contributed by atoms with Crippen molar-refractivity contribution in [2.75, 3.05) is 6.61 Å². The number of carbonyl (C=O) groups excluding carboxylic acids is 1. The lowest BCUT2D eigenvalue weighted by Crippen LogP contribution is -2.05. The van der Waals surface area contributed by atoms with Gasteiger partial charge in [-0.15, -0.1) is 0 Å². The van der Waals surface area contributed by atoms with Gasteiger partial charge in [0, 0.05) is 5.56 Å². The first kappa shape index (κ1) is 14.9. The van der Waals surface area contributed by atoms with Gasteiger partial charge in [-0.25, -0.2) is 9.78 Å². The lowest BCUT2D eigenvalue weighted by Gasteiger charge is -1.99. The van der Waals surface area contributed by atoms with Gasteiger partial charge in [0.1, 0.15) is 0 Å². The van der Waals surface area contributed by atoms with Crippen molar-refractivity contribution < 1.29 is 13.9 Å². The van der Waals surface area contributed by atoms with Crippen molar-refractivity contribution in [3.05, 3.63) is 39.7 Å². The number of hydrogen-bond donors (Lipinski definition) is 0. The Morgan fingerprint density at radius 2 is 2.05 bits per heavy atom. The summed E-state index contributed by atoms with van der Waals surface area (Å²) in [6.07, 6.45) is 0.568. The molecule has 0 unspecified atom stereocenters. The number of aromatic nitrogens is 1. The highest BCUT2D eigenvalue weighted by Gasteiger charge is 2.21. The zero-order valence-corrected chi connectivity index (χ0v) is 12.6. The average Bonchev–Trinajstić information content (AvgIpc) is 2.86. The standard InChI is InChI=1S/C14H13Cl2NO3/c1-3-11-12(14(18)19-4-2)20-13(17-11)8-5-6-9(15)10(16)7-8/h5-7H,3-4H2,1-2H3. The summed E-state index contributed by atoms with van der Waals surface area (Å²) in [5.74, 6) is -0.0537. The van der Waals surface area contributed by atoms with Gasteiger partial charge < -0.3 is 9.15 Å². The van der Waals surface area contributed by atoms with Crippen molar-refractivity contribution in [2.45, 2.75) is 20.3 Å². The number of halogens is 2. The summed E-state index contributed by atoms with van der Waals surface area (Å²) in [4.78, 5) is 16.1. The maximum absolute atomic E-state index is 11.8.